The molecule has 2 aliphatic rings. The Kier molecular flexibility index (Phi) is 3.77. The van der Waals surface area contributed by atoms with Crippen molar-refractivity contribution in [1.29, 1.82) is 0 Å². The summed E-state index contributed by atoms with van der Waals surface area (Å²) in [4.78, 5) is 22.1. The molecule has 1 aromatic heterocycles. The van der Waals surface area contributed by atoms with E-state index in [1.54, 1.807) is 0 Å². The van der Waals surface area contributed by atoms with E-state index >= 15 is 0 Å². The molecule has 2 saturated heterocycles. The highest BCUT2D eigenvalue weighted by atomic mass is 16.7. The summed E-state index contributed by atoms with van der Waals surface area (Å²) in [7, 11) is 1.33. The van der Waals surface area contributed by atoms with Gasteiger partial charge in [-0.2, -0.15) is 0 Å². The fourth-order valence-corrected chi connectivity index (χ4v) is 2.76. The van der Waals surface area contributed by atoms with Gasteiger partial charge in [0.2, 0.25) is 5.82 Å². The molecule has 0 N–H and O–H groups in total. The average Bonchev–Trinajstić information content (AvgIpc) is 2.94. The quantitative estimate of drug-likeness (QED) is 0.750. The van der Waals surface area contributed by atoms with Crippen LogP contribution in [0.1, 0.15) is 29.2 Å². The van der Waals surface area contributed by atoms with Crippen LogP contribution in [0.5, 0.6) is 0 Å². The van der Waals surface area contributed by atoms with Crippen LogP contribution in [-0.4, -0.2) is 55.1 Å². The number of nitrogens with zero attached hydrogens (tertiary/aromatic N) is 3. The van der Waals surface area contributed by atoms with Gasteiger partial charge in [-0.05, 0) is 6.92 Å². The monoisotopic (exact) mass is 293 g/mol. The van der Waals surface area contributed by atoms with E-state index in [0.717, 1.165) is 37.4 Å². The number of carbonyl (C=O) groups excluding carboxylic acids is 1. The van der Waals surface area contributed by atoms with E-state index in [1.807, 2.05) is 13.0 Å². The third kappa shape index (κ3) is 2.84. The molecule has 0 amide bonds. The van der Waals surface area contributed by atoms with E-state index in [2.05, 4.69) is 19.6 Å². The fourth-order valence-electron chi connectivity index (χ4n) is 2.76. The Balaban J connectivity index is 1.75. The van der Waals surface area contributed by atoms with Gasteiger partial charge in [0.15, 0.2) is 5.79 Å². The van der Waals surface area contributed by atoms with Crippen LogP contribution in [-0.2, 0) is 14.2 Å². The Morgan fingerprint density at radius 3 is 2.57 bits per heavy atom. The van der Waals surface area contributed by atoms with Crippen molar-refractivity contribution in [2.45, 2.75) is 25.6 Å². The number of ether oxygens (including phenoxy) is 3. The standard InChI is InChI=1S/C14H19N3O4/c1-10-9-11(16-12(15-10)13(18)19-2)17-5-3-14(4-6-17)20-7-8-21-14/h9H,3-8H2,1-2H3. The molecule has 114 valence electrons. The first kappa shape index (κ1) is 14.2. The smallest absolute Gasteiger partial charge is 0.376 e. The van der Waals surface area contributed by atoms with E-state index in [1.165, 1.54) is 7.11 Å². The molecule has 1 aromatic rings. The minimum Gasteiger partial charge on any atom is -0.463 e. The van der Waals surface area contributed by atoms with Crippen molar-refractivity contribution in [2.75, 3.05) is 38.3 Å². The van der Waals surface area contributed by atoms with Crippen molar-refractivity contribution in [3.05, 3.63) is 17.6 Å². The van der Waals surface area contributed by atoms with Gasteiger partial charge in [0.05, 0.1) is 20.3 Å². The largest absolute Gasteiger partial charge is 0.463 e. The van der Waals surface area contributed by atoms with Crippen molar-refractivity contribution in [2.24, 2.45) is 0 Å². The summed E-state index contributed by atoms with van der Waals surface area (Å²) in [6.07, 6.45) is 1.59. The SMILES string of the molecule is COC(=O)c1nc(C)cc(N2CCC3(CC2)OCCO3)n1. The number of rotatable bonds is 2. The number of piperidine rings is 1. The predicted molar refractivity (Wildman–Crippen MR) is 74.2 cm³/mol. The minimum absolute atomic E-state index is 0.0983. The first-order valence-electron chi connectivity index (χ1n) is 7.09. The second-order valence-corrected chi connectivity index (χ2v) is 5.28. The van der Waals surface area contributed by atoms with E-state index in [0.29, 0.717) is 13.2 Å². The summed E-state index contributed by atoms with van der Waals surface area (Å²) in [5.74, 6) is -0.0863. The second-order valence-electron chi connectivity index (χ2n) is 5.28. The Hall–Kier alpha value is -1.73. The molecule has 2 aliphatic heterocycles. The Labute approximate surface area is 123 Å². The van der Waals surface area contributed by atoms with Crippen LogP contribution < -0.4 is 4.90 Å². The molecule has 3 rings (SSSR count). The van der Waals surface area contributed by atoms with Gasteiger partial charge in [0, 0.05) is 37.7 Å². The lowest BCUT2D eigenvalue weighted by Gasteiger charge is -2.38. The van der Waals surface area contributed by atoms with Crippen LogP contribution in [0.15, 0.2) is 6.07 Å². The molecule has 0 unspecified atom stereocenters. The summed E-state index contributed by atoms with van der Waals surface area (Å²) < 4.78 is 16.1. The van der Waals surface area contributed by atoms with Gasteiger partial charge >= 0.3 is 5.97 Å². The van der Waals surface area contributed by atoms with Crippen LogP contribution in [0.25, 0.3) is 0 Å². The molecule has 0 aliphatic carbocycles. The van der Waals surface area contributed by atoms with Gasteiger partial charge in [0.25, 0.3) is 0 Å². The molecule has 0 radical (unpaired) electrons. The number of methoxy groups -OCH3 is 1. The third-order valence-corrected chi connectivity index (χ3v) is 3.87. The van der Waals surface area contributed by atoms with Gasteiger partial charge in [-0.25, -0.2) is 14.8 Å². The molecule has 0 bridgehead atoms. The minimum atomic E-state index is -0.518. The van der Waals surface area contributed by atoms with E-state index in [-0.39, 0.29) is 5.82 Å². The maximum atomic E-state index is 11.6. The summed E-state index contributed by atoms with van der Waals surface area (Å²) >= 11 is 0. The normalized spacial score (nSPS) is 20.8. The zero-order valence-electron chi connectivity index (χ0n) is 12.3. The first-order chi connectivity index (χ1) is 10.1. The third-order valence-electron chi connectivity index (χ3n) is 3.87. The lowest BCUT2D eigenvalue weighted by Crippen LogP contribution is -2.45. The lowest BCUT2D eigenvalue weighted by atomic mass is 10.0. The van der Waals surface area contributed by atoms with Crippen LogP contribution >= 0.6 is 0 Å². The van der Waals surface area contributed by atoms with Gasteiger partial charge < -0.3 is 19.1 Å². The van der Waals surface area contributed by atoms with E-state index in [4.69, 9.17) is 9.47 Å². The summed E-state index contributed by atoms with van der Waals surface area (Å²) in [6, 6.07) is 1.88. The molecule has 0 aromatic carbocycles. The predicted octanol–water partition coefficient (Wildman–Crippen LogP) is 0.915. The summed E-state index contributed by atoms with van der Waals surface area (Å²) in [5.41, 5.74) is 0.744. The van der Waals surface area contributed by atoms with Crippen LogP contribution in [0, 0.1) is 6.92 Å². The fraction of sp³-hybridized carbons (Fsp3) is 0.643. The van der Waals surface area contributed by atoms with Gasteiger partial charge in [0.1, 0.15) is 5.82 Å². The zero-order valence-corrected chi connectivity index (χ0v) is 12.3. The molecule has 7 heteroatoms. The molecule has 7 nitrogen and oxygen atoms in total. The highest BCUT2D eigenvalue weighted by molar-refractivity contribution is 5.85. The maximum Gasteiger partial charge on any atom is 0.376 e. The molecule has 0 saturated carbocycles. The van der Waals surface area contributed by atoms with E-state index < -0.39 is 11.8 Å². The van der Waals surface area contributed by atoms with Crippen LogP contribution in [0.2, 0.25) is 0 Å². The molecule has 1 spiro atoms. The molecule has 21 heavy (non-hydrogen) atoms. The molecular weight excluding hydrogens is 274 g/mol. The van der Waals surface area contributed by atoms with Crippen molar-refractivity contribution in [1.82, 2.24) is 9.97 Å². The number of anilines is 1. The number of aromatic nitrogens is 2. The van der Waals surface area contributed by atoms with Crippen LogP contribution in [0.3, 0.4) is 0 Å². The van der Waals surface area contributed by atoms with Crippen molar-refractivity contribution >= 4 is 11.8 Å². The maximum absolute atomic E-state index is 11.6. The van der Waals surface area contributed by atoms with Gasteiger partial charge in [-0.15, -0.1) is 0 Å². The molecule has 0 atom stereocenters. The summed E-state index contributed by atoms with van der Waals surface area (Å²) in [5, 5.41) is 0. The van der Waals surface area contributed by atoms with Crippen LogP contribution in [0.4, 0.5) is 5.82 Å². The molecule has 3 heterocycles. The van der Waals surface area contributed by atoms with Gasteiger partial charge in [-0.3, -0.25) is 0 Å². The highest BCUT2D eigenvalue weighted by Gasteiger charge is 2.40. The topological polar surface area (TPSA) is 73.8 Å². The highest BCUT2D eigenvalue weighted by Crippen LogP contribution is 2.32. The lowest BCUT2D eigenvalue weighted by molar-refractivity contribution is -0.169. The number of aryl methyl sites for hydroxylation is 1. The number of carbonyl (C=O) groups is 1. The second kappa shape index (κ2) is 5.57. The van der Waals surface area contributed by atoms with Crippen molar-refractivity contribution < 1.29 is 19.0 Å². The zero-order chi connectivity index (χ0) is 14.9. The Morgan fingerprint density at radius 2 is 1.95 bits per heavy atom. The van der Waals surface area contributed by atoms with Crippen molar-refractivity contribution in [3.8, 4) is 0 Å². The van der Waals surface area contributed by atoms with Crippen molar-refractivity contribution in [3.63, 3.8) is 0 Å². The average molecular weight is 293 g/mol. The first-order valence-corrected chi connectivity index (χ1v) is 7.09. The molecule has 2 fully saturated rings. The number of hydrogen-bond donors (Lipinski definition) is 0. The number of hydrogen-bond acceptors (Lipinski definition) is 7. The van der Waals surface area contributed by atoms with E-state index in [9.17, 15) is 4.79 Å². The number of esters is 1. The van der Waals surface area contributed by atoms with Gasteiger partial charge in [-0.1, -0.05) is 0 Å². The Morgan fingerprint density at radius 1 is 1.29 bits per heavy atom. The Bertz CT molecular complexity index is 533. The summed E-state index contributed by atoms with van der Waals surface area (Å²) in [6.45, 7) is 4.72. The molecular formula is C14H19N3O4.